The molecule has 3 aliphatic heterocycles. The molecule has 134 valence electrons. The molecule has 1 N–H and O–H groups in total. The van der Waals surface area contributed by atoms with Gasteiger partial charge in [0.25, 0.3) is 0 Å². The highest BCUT2D eigenvalue weighted by Gasteiger charge is 2.30. The Balaban J connectivity index is 1.50. The lowest BCUT2D eigenvalue weighted by Crippen LogP contribution is -2.42. The van der Waals surface area contributed by atoms with Gasteiger partial charge in [-0.1, -0.05) is 12.1 Å². The van der Waals surface area contributed by atoms with Gasteiger partial charge in [-0.3, -0.25) is 5.01 Å². The maximum Gasteiger partial charge on any atom is 0.175 e. The topological polar surface area (TPSA) is 61.8 Å². The summed E-state index contributed by atoms with van der Waals surface area (Å²) < 4.78 is 23.2. The standard InChI is InChI=1S/C18H23N3O2S2/c1-25(22,23)16-6-4-13(5-7-16)14-9-17-18(19-10-14)12-21(20-17)11-15-3-2-8-24-15/h4-7,9,15,18-19H,2-3,8,10-12H2,1H3. The Hall–Kier alpha value is -1.31. The third-order valence-corrected chi connectivity index (χ3v) is 7.47. The number of rotatable bonds is 4. The highest BCUT2D eigenvalue weighted by molar-refractivity contribution is 8.00. The summed E-state index contributed by atoms with van der Waals surface area (Å²) in [4.78, 5) is 0.358. The Morgan fingerprint density at radius 3 is 2.80 bits per heavy atom. The summed E-state index contributed by atoms with van der Waals surface area (Å²) in [5.74, 6) is 1.28. The fourth-order valence-electron chi connectivity index (χ4n) is 3.58. The first-order valence-corrected chi connectivity index (χ1v) is 11.6. The molecular formula is C18H23N3O2S2. The lowest BCUT2D eigenvalue weighted by atomic mass is 9.98. The van der Waals surface area contributed by atoms with Crippen LogP contribution in [0, 0.1) is 0 Å². The molecule has 0 aliphatic carbocycles. The lowest BCUT2D eigenvalue weighted by molar-refractivity contribution is 0.301. The van der Waals surface area contributed by atoms with Crippen LogP contribution in [0.4, 0.5) is 0 Å². The second kappa shape index (κ2) is 6.78. The third kappa shape index (κ3) is 3.78. The number of hydrazone groups is 1. The smallest absolute Gasteiger partial charge is 0.175 e. The van der Waals surface area contributed by atoms with Crippen LogP contribution in [0.2, 0.25) is 0 Å². The van der Waals surface area contributed by atoms with Crippen LogP contribution < -0.4 is 5.32 Å². The SMILES string of the molecule is CS(=O)(=O)c1ccc(C2=CC3=NN(CC4CCCS4)CC3NC2)cc1. The van der Waals surface area contributed by atoms with Crippen molar-refractivity contribution in [1.29, 1.82) is 0 Å². The van der Waals surface area contributed by atoms with Crippen molar-refractivity contribution >= 4 is 32.9 Å². The molecule has 2 atom stereocenters. The van der Waals surface area contributed by atoms with Crippen molar-refractivity contribution in [1.82, 2.24) is 10.3 Å². The molecule has 5 nitrogen and oxygen atoms in total. The molecule has 2 unspecified atom stereocenters. The average Bonchev–Trinajstić information content (AvgIpc) is 3.22. The molecule has 7 heteroatoms. The van der Waals surface area contributed by atoms with Crippen molar-refractivity contribution in [3.05, 3.63) is 35.9 Å². The van der Waals surface area contributed by atoms with Gasteiger partial charge in [0.15, 0.2) is 9.84 Å². The number of nitrogens with zero attached hydrogens (tertiary/aromatic N) is 2. The number of hydrogen-bond acceptors (Lipinski definition) is 6. The first-order chi connectivity index (χ1) is 12.0. The van der Waals surface area contributed by atoms with Gasteiger partial charge in [0, 0.05) is 24.6 Å². The van der Waals surface area contributed by atoms with Crippen LogP contribution in [0.1, 0.15) is 18.4 Å². The molecule has 25 heavy (non-hydrogen) atoms. The molecule has 1 aromatic rings. The van der Waals surface area contributed by atoms with Gasteiger partial charge in [-0.25, -0.2) is 8.42 Å². The molecule has 0 aromatic heterocycles. The molecule has 3 aliphatic rings. The van der Waals surface area contributed by atoms with Gasteiger partial charge >= 0.3 is 0 Å². The zero-order valence-corrected chi connectivity index (χ0v) is 15.9. The van der Waals surface area contributed by atoms with E-state index in [2.05, 4.69) is 28.2 Å². The van der Waals surface area contributed by atoms with E-state index in [1.807, 2.05) is 12.1 Å². The molecule has 0 saturated carbocycles. The summed E-state index contributed by atoms with van der Waals surface area (Å²) in [5, 5.41) is 11.3. The van der Waals surface area contributed by atoms with Crippen LogP contribution in [-0.2, 0) is 9.84 Å². The molecule has 1 fully saturated rings. The number of hydrogen-bond donors (Lipinski definition) is 1. The molecule has 0 radical (unpaired) electrons. The normalized spacial score (nSPS) is 26.4. The van der Waals surface area contributed by atoms with Crippen LogP contribution in [0.25, 0.3) is 5.57 Å². The molecule has 0 bridgehead atoms. The van der Waals surface area contributed by atoms with E-state index >= 15 is 0 Å². The maximum atomic E-state index is 11.6. The minimum atomic E-state index is -3.15. The third-order valence-electron chi connectivity index (χ3n) is 4.96. The van der Waals surface area contributed by atoms with E-state index in [1.165, 1.54) is 24.9 Å². The molecular weight excluding hydrogens is 354 g/mol. The summed E-state index contributed by atoms with van der Waals surface area (Å²) in [5.41, 5.74) is 3.30. The number of fused-ring (bicyclic) bond motifs is 1. The van der Waals surface area contributed by atoms with E-state index in [9.17, 15) is 8.42 Å². The predicted molar refractivity (Wildman–Crippen MR) is 104 cm³/mol. The van der Waals surface area contributed by atoms with Gasteiger partial charge in [0.2, 0.25) is 0 Å². The van der Waals surface area contributed by atoms with E-state index in [0.29, 0.717) is 10.9 Å². The molecule has 1 aromatic carbocycles. The first-order valence-electron chi connectivity index (χ1n) is 8.68. The highest BCUT2D eigenvalue weighted by atomic mass is 32.2. The van der Waals surface area contributed by atoms with Crippen molar-refractivity contribution in [3.8, 4) is 0 Å². The second-order valence-electron chi connectivity index (χ2n) is 6.93. The van der Waals surface area contributed by atoms with Crippen molar-refractivity contribution in [3.63, 3.8) is 0 Å². The summed E-state index contributed by atoms with van der Waals surface area (Å²) in [6.07, 6.45) is 6.03. The van der Waals surface area contributed by atoms with E-state index in [0.717, 1.165) is 41.7 Å². The Labute approximate surface area is 153 Å². The van der Waals surface area contributed by atoms with Crippen molar-refractivity contribution in [2.24, 2.45) is 5.10 Å². The largest absolute Gasteiger partial charge is 0.303 e. The fourth-order valence-corrected chi connectivity index (χ4v) is 5.49. The van der Waals surface area contributed by atoms with E-state index < -0.39 is 9.84 Å². The van der Waals surface area contributed by atoms with Gasteiger partial charge in [-0.05, 0) is 47.9 Å². The highest BCUT2D eigenvalue weighted by Crippen LogP contribution is 2.28. The van der Waals surface area contributed by atoms with Crippen LogP contribution in [0.3, 0.4) is 0 Å². The van der Waals surface area contributed by atoms with E-state index in [-0.39, 0.29) is 0 Å². The molecule has 4 rings (SSSR count). The monoisotopic (exact) mass is 377 g/mol. The van der Waals surface area contributed by atoms with Crippen molar-refractivity contribution < 1.29 is 8.42 Å². The summed E-state index contributed by atoms with van der Waals surface area (Å²) in [6, 6.07) is 7.43. The van der Waals surface area contributed by atoms with Crippen LogP contribution >= 0.6 is 11.8 Å². The van der Waals surface area contributed by atoms with Crippen LogP contribution in [0.5, 0.6) is 0 Å². The summed E-state index contributed by atoms with van der Waals surface area (Å²) in [6.45, 7) is 2.77. The molecule has 0 spiro atoms. The Bertz CT molecular complexity index is 809. The second-order valence-corrected chi connectivity index (χ2v) is 10.4. The van der Waals surface area contributed by atoms with Crippen LogP contribution in [0.15, 0.2) is 40.3 Å². The fraction of sp³-hybridized carbons (Fsp3) is 0.500. The van der Waals surface area contributed by atoms with Gasteiger partial charge in [0.1, 0.15) is 0 Å². The molecule has 1 saturated heterocycles. The number of thioether (sulfide) groups is 1. The van der Waals surface area contributed by atoms with Crippen molar-refractivity contribution in [2.45, 2.75) is 29.0 Å². The van der Waals surface area contributed by atoms with Gasteiger partial charge in [-0.2, -0.15) is 16.9 Å². The van der Waals surface area contributed by atoms with Crippen molar-refractivity contribution in [2.75, 3.05) is 31.6 Å². The number of sulfone groups is 1. The molecule has 3 heterocycles. The summed E-state index contributed by atoms with van der Waals surface area (Å²) >= 11 is 2.07. The zero-order valence-electron chi connectivity index (χ0n) is 14.3. The number of nitrogens with one attached hydrogen (secondary N) is 1. The Morgan fingerprint density at radius 1 is 1.32 bits per heavy atom. The van der Waals surface area contributed by atoms with Crippen LogP contribution in [-0.4, -0.2) is 62.1 Å². The first kappa shape index (κ1) is 17.1. The molecule has 0 amide bonds. The number of benzene rings is 1. The summed E-state index contributed by atoms with van der Waals surface area (Å²) in [7, 11) is -3.15. The lowest BCUT2D eigenvalue weighted by Gasteiger charge is -2.22. The minimum absolute atomic E-state index is 0.311. The predicted octanol–water partition coefficient (Wildman–Crippen LogP) is 2.01. The van der Waals surface area contributed by atoms with Gasteiger partial charge in [-0.15, -0.1) is 0 Å². The Morgan fingerprint density at radius 2 is 2.12 bits per heavy atom. The Kier molecular flexibility index (Phi) is 4.64. The maximum absolute atomic E-state index is 11.6. The minimum Gasteiger partial charge on any atom is -0.303 e. The van der Waals surface area contributed by atoms with E-state index in [1.54, 1.807) is 12.1 Å². The van der Waals surface area contributed by atoms with Gasteiger partial charge < -0.3 is 5.32 Å². The van der Waals surface area contributed by atoms with Gasteiger partial charge in [0.05, 0.1) is 23.2 Å². The quantitative estimate of drug-likeness (QED) is 0.870. The van der Waals surface area contributed by atoms with E-state index in [4.69, 9.17) is 5.10 Å². The average molecular weight is 378 g/mol. The zero-order chi connectivity index (χ0) is 17.4.